The second-order valence-electron chi connectivity index (χ2n) is 10.0. The number of methoxy groups -OCH3 is 1. The smallest absolute Gasteiger partial charge is 0.333 e. The minimum atomic E-state index is -0.457. The van der Waals surface area contributed by atoms with Crippen molar-refractivity contribution in [1.29, 1.82) is 0 Å². The van der Waals surface area contributed by atoms with Gasteiger partial charge in [0.2, 0.25) is 0 Å². The first-order valence-corrected chi connectivity index (χ1v) is 11.3. The molecule has 5 heteroatoms. The summed E-state index contributed by atoms with van der Waals surface area (Å²) >= 11 is 0. The van der Waals surface area contributed by atoms with Crippen molar-refractivity contribution in [2.24, 2.45) is 22.7 Å². The molecule has 0 aliphatic heterocycles. The Morgan fingerprint density at radius 2 is 2.00 bits per heavy atom. The Balaban J connectivity index is 2.06. The summed E-state index contributed by atoms with van der Waals surface area (Å²) in [4.78, 5) is 25.6. The highest BCUT2D eigenvalue weighted by Gasteiger charge is 2.58. The van der Waals surface area contributed by atoms with E-state index in [1.807, 2.05) is 19.1 Å². The lowest BCUT2D eigenvalue weighted by molar-refractivity contribution is -0.162. The summed E-state index contributed by atoms with van der Waals surface area (Å²) in [5.41, 5.74) is 2.13. The molecule has 1 heterocycles. The summed E-state index contributed by atoms with van der Waals surface area (Å²) in [5, 5.41) is 0. The summed E-state index contributed by atoms with van der Waals surface area (Å²) < 4.78 is 16.4. The van der Waals surface area contributed by atoms with Gasteiger partial charge in [0.15, 0.2) is 0 Å². The molecule has 4 atom stereocenters. The number of rotatable bonds is 6. The molecule has 1 fully saturated rings. The van der Waals surface area contributed by atoms with E-state index >= 15 is 0 Å². The van der Waals surface area contributed by atoms with Gasteiger partial charge in [-0.1, -0.05) is 33.3 Å². The third kappa shape index (κ3) is 4.51. The van der Waals surface area contributed by atoms with Crippen molar-refractivity contribution < 1.29 is 23.5 Å². The van der Waals surface area contributed by atoms with E-state index in [4.69, 9.17) is 13.9 Å². The van der Waals surface area contributed by atoms with Crippen molar-refractivity contribution >= 4 is 11.9 Å². The quantitative estimate of drug-likeness (QED) is 0.432. The zero-order chi connectivity index (χ0) is 22.8. The second-order valence-corrected chi connectivity index (χ2v) is 10.0. The Hall–Kier alpha value is -2.30. The van der Waals surface area contributed by atoms with Crippen LogP contribution in [-0.4, -0.2) is 25.2 Å². The molecule has 31 heavy (non-hydrogen) atoms. The SMILES string of the molecule is CC=C(C)C(=O)OC1C=C(C(=O)OC)C(CCc2ccoc2)C2(C)CCCC(C)(C)C12. The first-order valence-electron chi connectivity index (χ1n) is 11.3. The highest BCUT2D eigenvalue weighted by molar-refractivity contribution is 5.90. The molecule has 1 aromatic heterocycles. The van der Waals surface area contributed by atoms with Gasteiger partial charge >= 0.3 is 11.9 Å². The number of carbonyl (C=O) groups excluding carboxylic acids is 2. The van der Waals surface area contributed by atoms with Crippen LogP contribution < -0.4 is 0 Å². The average Bonchev–Trinajstić information content (AvgIpc) is 3.24. The maximum Gasteiger partial charge on any atom is 0.333 e. The van der Waals surface area contributed by atoms with Gasteiger partial charge in [-0.15, -0.1) is 0 Å². The Kier molecular flexibility index (Phi) is 6.82. The molecule has 0 spiro atoms. The predicted octanol–water partition coefficient (Wildman–Crippen LogP) is 5.65. The highest BCUT2D eigenvalue weighted by Crippen LogP contribution is 2.61. The van der Waals surface area contributed by atoms with Gasteiger partial charge in [-0.05, 0) is 74.0 Å². The number of hydrogen-bond donors (Lipinski definition) is 0. The Morgan fingerprint density at radius 3 is 2.61 bits per heavy atom. The van der Waals surface area contributed by atoms with E-state index < -0.39 is 6.10 Å². The maximum absolute atomic E-state index is 12.9. The monoisotopic (exact) mass is 428 g/mol. The highest BCUT2D eigenvalue weighted by atomic mass is 16.5. The summed E-state index contributed by atoms with van der Waals surface area (Å²) in [6.07, 6.45) is 11.4. The van der Waals surface area contributed by atoms with Gasteiger partial charge in [0, 0.05) is 17.1 Å². The first kappa shape index (κ1) is 23.4. The molecule has 1 aromatic rings. The standard InChI is InChI=1S/C26H36O5/c1-7-17(2)23(27)31-21-15-19(24(28)29-6)20(10-9-18-11-14-30-16-18)26(5)13-8-12-25(3,4)22(21)26/h7,11,14-16,20-22H,8-10,12-13H2,1-6H3. The Labute approximate surface area is 185 Å². The number of allylic oxidation sites excluding steroid dienone is 1. The molecule has 0 radical (unpaired) electrons. The van der Waals surface area contributed by atoms with Crippen molar-refractivity contribution in [2.75, 3.05) is 7.11 Å². The van der Waals surface area contributed by atoms with Crippen LogP contribution in [0.2, 0.25) is 0 Å². The average molecular weight is 429 g/mol. The third-order valence-electron chi connectivity index (χ3n) is 7.65. The first-order chi connectivity index (χ1) is 14.6. The van der Waals surface area contributed by atoms with Crippen molar-refractivity contribution in [3.8, 4) is 0 Å². The van der Waals surface area contributed by atoms with Crippen LogP contribution in [0, 0.1) is 22.7 Å². The van der Waals surface area contributed by atoms with Crippen molar-refractivity contribution in [3.63, 3.8) is 0 Å². The predicted molar refractivity (Wildman–Crippen MR) is 119 cm³/mol. The number of furan rings is 1. The lowest BCUT2D eigenvalue weighted by Gasteiger charge is -2.58. The molecule has 5 nitrogen and oxygen atoms in total. The summed E-state index contributed by atoms with van der Waals surface area (Å²) in [6.45, 7) is 10.4. The van der Waals surface area contributed by atoms with Crippen molar-refractivity contribution in [1.82, 2.24) is 0 Å². The van der Waals surface area contributed by atoms with Gasteiger partial charge in [-0.2, -0.15) is 0 Å². The summed E-state index contributed by atoms with van der Waals surface area (Å²) in [6, 6.07) is 1.97. The minimum Gasteiger partial charge on any atom is -0.472 e. The fourth-order valence-corrected chi connectivity index (χ4v) is 6.08. The normalized spacial score (nSPS) is 30.2. The molecule has 170 valence electrons. The molecular weight excluding hydrogens is 392 g/mol. The van der Waals surface area contributed by atoms with Crippen LogP contribution in [0.4, 0.5) is 0 Å². The maximum atomic E-state index is 12.9. The summed E-state index contributed by atoms with van der Waals surface area (Å²) in [7, 11) is 1.42. The van der Waals surface area contributed by atoms with Gasteiger partial charge in [-0.25, -0.2) is 9.59 Å². The van der Waals surface area contributed by atoms with Crippen LogP contribution in [0.3, 0.4) is 0 Å². The van der Waals surface area contributed by atoms with Crippen molar-refractivity contribution in [3.05, 3.63) is 47.5 Å². The van der Waals surface area contributed by atoms with E-state index in [9.17, 15) is 9.59 Å². The zero-order valence-corrected chi connectivity index (χ0v) is 19.7. The molecule has 0 N–H and O–H groups in total. The third-order valence-corrected chi connectivity index (χ3v) is 7.65. The van der Waals surface area contributed by atoms with Crippen LogP contribution in [0.25, 0.3) is 0 Å². The lowest BCUT2D eigenvalue weighted by atomic mass is 9.47. The van der Waals surface area contributed by atoms with Crippen LogP contribution in [-0.2, 0) is 25.5 Å². The van der Waals surface area contributed by atoms with Gasteiger partial charge in [-0.3, -0.25) is 0 Å². The molecule has 0 bridgehead atoms. The lowest BCUT2D eigenvalue weighted by Crippen LogP contribution is -2.56. The van der Waals surface area contributed by atoms with Gasteiger partial charge in [0.05, 0.1) is 19.6 Å². The molecule has 1 saturated carbocycles. The zero-order valence-electron chi connectivity index (χ0n) is 19.7. The number of fused-ring (bicyclic) bond motifs is 1. The molecule has 2 aliphatic rings. The number of hydrogen-bond acceptors (Lipinski definition) is 5. The Morgan fingerprint density at radius 1 is 1.26 bits per heavy atom. The molecule has 4 unspecified atom stereocenters. The Bertz CT molecular complexity index is 860. The van der Waals surface area contributed by atoms with Crippen molar-refractivity contribution in [2.45, 2.75) is 72.8 Å². The van der Waals surface area contributed by atoms with Crippen LogP contribution in [0.15, 0.2) is 46.3 Å². The van der Waals surface area contributed by atoms with E-state index in [0.29, 0.717) is 11.1 Å². The molecule has 0 aromatic carbocycles. The van der Waals surface area contributed by atoms with Crippen LogP contribution in [0.1, 0.15) is 65.9 Å². The van der Waals surface area contributed by atoms with Crippen LogP contribution >= 0.6 is 0 Å². The molecule has 2 aliphatic carbocycles. The molecule has 0 saturated heterocycles. The number of aryl methyl sites for hydroxylation is 1. The molecular formula is C26H36O5. The second kappa shape index (κ2) is 9.05. The summed E-state index contributed by atoms with van der Waals surface area (Å²) in [5.74, 6) is -0.514. The van der Waals surface area contributed by atoms with E-state index in [2.05, 4.69) is 20.8 Å². The number of ether oxygens (including phenoxy) is 2. The van der Waals surface area contributed by atoms with Gasteiger partial charge < -0.3 is 13.9 Å². The fraction of sp³-hybridized carbons (Fsp3) is 0.615. The number of esters is 2. The van der Waals surface area contributed by atoms with Crippen LogP contribution in [0.5, 0.6) is 0 Å². The minimum absolute atomic E-state index is 0.0200. The topological polar surface area (TPSA) is 65.7 Å². The van der Waals surface area contributed by atoms with Gasteiger partial charge in [0.25, 0.3) is 0 Å². The number of carbonyl (C=O) groups is 2. The fourth-order valence-electron chi connectivity index (χ4n) is 6.08. The van der Waals surface area contributed by atoms with E-state index in [-0.39, 0.29) is 34.6 Å². The van der Waals surface area contributed by atoms with E-state index in [1.165, 1.54) is 7.11 Å². The van der Waals surface area contributed by atoms with Gasteiger partial charge in [0.1, 0.15) is 6.10 Å². The molecule has 3 rings (SSSR count). The van der Waals surface area contributed by atoms with E-state index in [1.54, 1.807) is 25.5 Å². The molecule has 0 amide bonds. The largest absolute Gasteiger partial charge is 0.472 e. The van der Waals surface area contributed by atoms with E-state index in [0.717, 1.165) is 37.7 Å².